The minimum atomic E-state index is -0.338. The summed E-state index contributed by atoms with van der Waals surface area (Å²) < 4.78 is 16.5. The second kappa shape index (κ2) is 9.03. The fourth-order valence-corrected chi connectivity index (χ4v) is 3.80. The summed E-state index contributed by atoms with van der Waals surface area (Å²) in [6, 6.07) is 13.3. The largest absolute Gasteiger partial charge is 0.497 e. The maximum Gasteiger partial charge on any atom is 0.337 e. The molecule has 0 spiro atoms. The first kappa shape index (κ1) is 20.8. The molecule has 1 N–H and O–H groups in total. The van der Waals surface area contributed by atoms with E-state index in [1.54, 1.807) is 19.2 Å². The van der Waals surface area contributed by atoms with Gasteiger partial charge in [-0.25, -0.2) is 4.79 Å². The topological polar surface area (TPSA) is 60.7 Å². The Kier molecular flexibility index (Phi) is 6.47. The van der Waals surface area contributed by atoms with Crippen LogP contribution in [0.2, 0.25) is 0 Å². The molecule has 0 fully saturated rings. The Hall–Kier alpha value is -2.95. The van der Waals surface area contributed by atoms with E-state index in [9.17, 15) is 4.79 Å². The predicted octanol–water partition coefficient (Wildman–Crippen LogP) is 6.13. The highest BCUT2D eigenvalue weighted by Gasteiger charge is 2.27. The molecule has 1 heterocycles. The third-order valence-corrected chi connectivity index (χ3v) is 5.61. The van der Waals surface area contributed by atoms with Crippen molar-refractivity contribution in [2.75, 3.05) is 19.5 Å². The van der Waals surface area contributed by atoms with Gasteiger partial charge in [-0.05, 0) is 55.3 Å². The van der Waals surface area contributed by atoms with Crippen molar-refractivity contribution in [3.63, 3.8) is 0 Å². The minimum absolute atomic E-state index is 0.0207. The van der Waals surface area contributed by atoms with E-state index in [1.165, 1.54) is 7.11 Å². The van der Waals surface area contributed by atoms with Gasteiger partial charge in [0.2, 0.25) is 0 Å². The molecule has 0 bridgehead atoms. The van der Waals surface area contributed by atoms with Gasteiger partial charge in [-0.15, -0.1) is 0 Å². The van der Waals surface area contributed by atoms with Crippen molar-refractivity contribution in [2.24, 2.45) is 5.92 Å². The van der Waals surface area contributed by atoms with Crippen LogP contribution >= 0.6 is 0 Å². The number of hydrogen-bond acceptors (Lipinski definition) is 5. The lowest BCUT2D eigenvalue weighted by Crippen LogP contribution is -2.20. The van der Waals surface area contributed by atoms with E-state index in [0.717, 1.165) is 46.6 Å². The van der Waals surface area contributed by atoms with Crippen LogP contribution in [0, 0.1) is 12.8 Å². The number of hydrogen-bond donors (Lipinski definition) is 1. The molecule has 0 aliphatic heterocycles. The number of furan rings is 1. The Morgan fingerprint density at radius 1 is 1.07 bits per heavy atom. The summed E-state index contributed by atoms with van der Waals surface area (Å²) in [6.45, 7) is 6.49. The van der Waals surface area contributed by atoms with Crippen LogP contribution < -0.4 is 10.1 Å². The number of carbonyl (C=O) groups is 1. The number of fused-ring (bicyclic) bond motifs is 1. The number of anilines is 1. The maximum atomic E-state index is 11.7. The van der Waals surface area contributed by atoms with Crippen LogP contribution in [-0.4, -0.2) is 20.2 Å². The summed E-state index contributed by atoms with van der Waals surface area (Å²) in [5.41, 5.74) is 3.45. The van der Waals surface area contributed by atoms with Crippen LogP contribution in [0.3, 0.4) is 0 Å². The number of methoxy groups -OCH3 is 2. The van der Waals surface area contributed by atoms with Gasteiger partial charge in [0.25, 0.3) is 0 Å². The van der Waals surface area contributed by atoms with Crippen LogP contribution in [0.5, 0.6) is 5.75 Å². The van der Waals surface area contributed by atoms with Gasteiger partial charge in [0.1, 0.15) is 17.1 Å². The van der Waals surface area contributed by atoms with Crippen molar-refractivity contribution >= 4 is 22.6 Å². The maximum absolute atomic E-state index is 11.7. The molecule has 0 saturated heterocycles. The number of benzene rings is 2. The van der Waals surface area contributed by atoms with Gasteiger partial charge in [-0.3, -0.25) is 0 Å². The summed E-state index contributed by atoms with van der Waals surface area (Å²) >= 11 is 0. The smallest absolute Gasteiger partial charge is 0.337 e. The van der Waals surface area contributed by atoms with Crippen LogP contribution in [0.1, 0.15) is 54.4 Å². The quantitative estimate of drug-likeness (QED) is 0.465. The van der Waals surface area contributed by atoms with E-state index in [2.05, 4.69) is 26.1 Å². The van der Waals surface area contributed by atoms with Gasteiger partial charge >= 0.3 is 5.97 Å². The highest BCUT2D eigenvalue weighted by molar-refractivity contribution is 5.89. The molecule has 0 aliphatic rings. The van der Waals surface area contributed by atoms with E-state index in [1.807, 2.05) is 30.3 Å². The molecule has 5 heteroatoms. The fraction of sp³-hybridized carbons (Fsp3) is 0.375. The average Bonchev–Trinajstić information content (AvgIpc) is 3.09. The van der Waals surface area contributed by atoms with Gasteiger partial charge in [0.05, 0.1) is 25.8 Å². The van der Waals surface area contributed by atoms with E-state index < -0.39 is 0 Å². The van der Waals surface area contributed by atoms with Crippen molar-refractivity contribution in [1.82, 2.24) is 0 Å². The second-order valence-electron chi connectivity index (χ2n) is 7.22. The number of rotatable bonds is 8. The molecule has 1 unspecified atom stereocenters. The summed E-state index contributed by atoms with van der Waals surface area (Å²) in [5.74, 6) is 1.82. The molecular weight excluding hydrogens is 366 g/mol. The van der Waals surface area contributed by atoms with Gasteiger partial charge in [-0.2, -0.15) is 0 Å². The zero-order valence-electron chi connectivity index (χ0n) is 17.7. The van der Waals surface area contributed by atoms with Crippen LogP contribution in [0.15, 0.2) is 46.9 Å². The normalized spacial score (nSPS) is 12.2. The summed E-state index contributed by atoms with van der Waals surface area (Å²) in [6.07, 6.45) is 2.04. The minimum Gasteiger partial charge on any atom is -0.497 e. The average molecular weight is 395 g/mol. The van der Waals surface area contributed by atoms with Crippen molar-refractivity contribution in [3.05, 3.63) is 59.4 Å². The predicted molar refractivity (Wildman–Crippen MR) is 116 cm³/mol. The van der Waals surface area contributed by atoms with Gasteiger partial charge < -0.3 is 19.2 Å². The SMILES string of the molecule is CCC(CC)C(Nc1ccc(C(=O)OC)cc1)c1oc2ccc(OC)cc2c1C. The van der Waals surface area contributed by atoms with Gasteiger partial charge in [0.15, 0.2) is 0 Å². The molecular formula is C24H29NO4. The lowest BCUT2D eigenvalue weighted by Gasteiger charge is -2.26. The summed E-state index contributed by atoms with van der Waals surface area (Å²) in [7, 11) is 3.06. The van der Waals surface area contributed by atoms with Crippen LogP contribution in [0.4, 0.5) is 5.69 Å². The zero-order valence-corrected chi connectivity index (χ0v) is 17.7. The Bertz CT molecular complexity index is 970. The zero-order chi connectivity index (χ0) is 21.0. The van der Waals surface area contributed by atoms with Crippen molar-refractivity contribution < 1.29 is 18.7 Å². The highest BCUT2D eigenvalue weighted by Crippen LogP contribution is 2.38. The molecule has 1 aromatic heterocycles. The van der Waals surface area contributed by atoms with Crippen LogP contribution in [0.25, 0.3) is 11.0 Å². The molecule has 0 aliphatic carbocycles. The van der Waals surface area contributed by atoms with E-state index in [-0.39, 0.29) is 12.0 Å². The summed E-state index contributed by atoms with van der Waals surface area (Å²) in [5, 5.41) is 4.70. The Balaban J connectivity index is 1.99. The molecule has 0 amide bonds. The van der Waals surface area contributed by atoms with Gasteiger partial charge in [0, 0.05) is 16.6 Å². The Morgan fingerprint density at radius 3 is 2.34 bits per heavy atom. The molecule has 5 nitrogen and oxygen atoms in total. The van der Waals surface area contributed by atoms with E-state index >= 15 is 0 Å². The number of esters is 1. The molecule has 3 aromatic rings. The molecule has 29 heavy (non-hydrogen) atoms. The summed E-state index contributed by atoms with van der Waals surface area (Å²) in [4.78, 5) is 11.7. The number of nitrogens with one attached hydrogen (secondary N) is 1. The first-order valence-corrected chi connectivity index (χ1v) is 10.0. The monoisotopic (exact) mass is 395 g/mol. The second-order valence-corrected chi connectivity index (χ2v) is 7.22. The number of aryl methyl sites for hydroxylation is 1. The van der Waals surface area contributed by atoms with Gasteiger partial charge in [-0.1, -0.05) is 26.7 Å². The highest BCUT2D eigenvalue weighted by atomic mass is 16.5. The van der Waals surface area contributed by atoms with E-state index in [4.69, 9.17) is 13.9 Å². The molecule has 1 atom stereocenters. The van der Waals surface area contributed by atoms with E-state index in [0.29, 0.717) is 11.5 Å². The fourth-order valence-electron chi connectivity index (χ4n) is 3.80. The molecule has 2 aromatic carbocycles. The lowest BCUT2D eigenvalue weighted by molar-refractivity contribution is 0.0601. The molecule has 0 radical (unpaired) electrons. The van der Waals surface area contributed by atoms with Crippen molar-refractivity contribution in [3.8, 4) is 5.75 Å². The van der Waals surface area contributed by atoms with Crippen molar-refractivity contribution in [2.45, 2.75) is 39.7 Å². The Morgan fingerprint density at radius 2 is 1.76 bits per heavy atom. The van der Waals surface area contributed by atoms with Crippen LogP contribution in [-0.2, 0) is 4.74 Å². The molecule has 3 rings (SSSR count). The molecule has 0 saturated carbocycles. The standard InChI is InChI=1S/C24H29NO4/c1-6-16(7-2)22(25-18-10-8-17(9-11-18)24(26)28-5)23-15(3)20-14-19(27-4)12-13-21(20)29-23/h8-14,16,22,25H,6-7H2,1-5H3. The third-order valence-electron chi connectivity index (χ3n) is 5.61. The first-order valence-electron chi connectivity index (χ1n) is 10.0. The third kappa shape index (κ3) is 4.24. The molecule has 154 valence electrons. The Labute approximate surface area is 172 Å². The van der Waals surface area contributed by atoms with Crippen molar-refractivity contribution in [1.29, 1.82) is 0 Å². The first-order chi connectivity index (χ1) is 14.0. The lowest BCUT2D eigenvalue weighted by atomic mass is 9.90. The number of carbonyl (C=O) groups excluding carboxylic acids is 1. The number of ether oxygens (including phenoxy) is 2.